The van der Waals surface area contributed by atoms with Gasteiger partial charge in [0.2, 0.25) is 0 Å². The molecule has 1 heterocycles. The van der Waals surface area contributed by atoms with Crippen LogP contribution in [0.1, 0.15) is 25.3 Å². The summed E-state index contributed by atoms with van der Waals surface area (Å²) in [5.74, 6) is 1.68. The largest absolute Gasteiger partial charge is 0.490 e. The Morgan fingerprint density at radius 2 is 2.42 bits per heavy atom. The molecule has 1 aromatic carbocycles. The first kappa shape index (κ1) is 14.2. The molecule has 1 aliphatic heterocycles. The zero-order chi connectivity index (χ0) is 13.7. The van der Waals surface area contributed by atoms with E-state index in [0.29, 0.717) is 17.9 Å². The number of nitrogens with two attached hydrogens (primary N) is 1. The molecule has 0 spiro atoms. The highest BCUT2D eigenvalue weighted by Crippen LogP contribution is 2.30. The second-order valence-corrected chi connectivity index (χ2v) is 5.73. The summed E-state index contributed by atoms with van der Waals surface area (Å²) in [4.78, 5) is 1.000. The molecule has 4 nitrogen and oxygen atoms in total. The molecule has 5 heteroatoms. The van der Waals surface area contributed by atoms with Crippen molar-refractivity contribution >= 4 is 17.6 Å². The maximum absolute atomic E-state index is 7.74. The molecule has 1 unspecified atom stereocenters. The van der Waals surface area contributed by atoms with Crippen molar-refractivity contribution in [2.24, 2.45) is 5.73 Å². The lowest BCUT2D eigenvalue weighted by atomic mass is 10.2. The summed E-state index contributed by atoms with van der Waals surface area (Å²) in [5.41, 5.74) is 6.39. The number of ether oxygens (including phenoxy) is 2. The second-order valence-electron chi connectivity index (χ2n) is 4.42. The first-order chi connectivity index (χ1) is 9.22. The van der Waals surface area contributed by atoms with Crippen LogP contribution < -0.4 is 10.5 Å². The van der Waals surface area contributed by atoms with Crippen molar-refractivity contribution < 1.29 is 9.47 Å². The molecule has 2 rings (SSSR count). The number of nitrogens with one attached hydrogen (secondary N) is 1. The van der Waals surface area contributed by atoms with Crippen LogP contribution in [-0.4, -0.2) is 30.9 Å². The number of thioether (sulfide) groups is 1. The maximum atomic E-state index is 7.74. The molecule has 0 aliphatic carbocycles. The van der Waals surface area contributed by atoms with E-state index in [1.54, 1.807) is 11.8 Å². The van der Waals surface area contributed by atoms with Crippen LogP contribution in [-0.2, 0) is 4.74 Å². The fourth-order valence-corrected chi connectivity index (χ4v) is 2.97. The van der Waals surface area contributed by atoms with E-state index in [4.69, 9.17) is 20.6 Å². The minimum absolute atomic E-state index is 0.0545. The van der Waals surface area contributed by atoms with Crippen molar-refractivity contribution in [3.8, 4) is 5.75 Å². The molecular formula is C14H20N2O2S. The van der Waals surface area contributed by atoms with Crippen molar-refractivity contribution in [1.82, 2.24) is 0 Å². The van der Waals surface area contributed by atoms with Crippen LogP contribution in [0.3, 0.4) is 0 Å². The highest BCUT2D eigenvalue weighted by atomic mass is 32.2. The van der Waals surface area contributed by atoms with Crippen LogP contribution >= 0.6 is 11.8 Å². The Hall–Kier alpha value is -1.20. The zero-order valence-electron chi connectivity index (χ0n) is 11.1. The van der Waals surface area contributed by atoms with Gasteiger partial charge in [0.25, 0.3) is 0 Å². The second kappa shape index (κ2) is 6.82. The Labute approximate surface area is 118 Å². The molecule has 19 heavy (non-hydrogen) atoms. The van der Waals surface area contributed by atoms with Gasteiger partial charge in [0.15, 0.2) is 0 Å². The molecule has 0 amide bonds. The van der Waals surface area contributed by atoms with Gasteiger partial charge >= 0.3 is 0 Å². The zero-order valence-corrected chi connectivity index (χ0v) is 12.0. The van der Waals surface area contributed by atoms with E-state index in [-0.39, 0.29) is 11.9 Å². The summed E-state index contributed by atoms with van der Waals surface area (Å²) in [6, 6.07) is 5.78. The van der Waals surface area contributed by atoms with E-state index >= 15 is 0 Å². The van der Waals surface area contributed by atoms with Gasteiger partial charge in [-0.1, -0.05) is 13.0 Å². The molecule has 0 radical (unpaired) electrons. The number of hydrogen-bond acceptors (Lipinski definition) is 4. The third kappa shape index (κ3) is 3.64. The van der Waals surface area contributed by atoms with Crippen LogP contribution in [0.25, 0.3) is 0 Å². The van der Waals surface area contributed by atoms with Crippen LogP contribution in [0.4, 0.5) is 0 Å². The average Bonchev–Trinajstić information content (AvgIpc) is 2.89. The predicted octanol–water partition coefficient (Wildman–Crippen LogP) is 2.64. The molecule has 1 saturated heterocycles. The third-order valence-corrected chi connectivity index (χ3v) is 3.95. The lowest BCUT2D eigenvalue weighted by Crippen LogP contribution is -2.19. The van der Waals surface area contributed by atoms with Gasteiger partial charge in [-0.25, -0.2) is 0 Å². The van der Waals surface area contributed by atoms with Gasteiger partial charge in [-0.2, -0.15) is 0 Å². The van der Waals surface area contributed by atoms with E-state index in [9.17, 15) is 0 Å². The first-order valence-corrected chi connectivity index (χ1v) is 7.55. The molecule has 1 fully saturated rings. The molecular weight excluding hydrogens is 260 g/mol. The van der Waals surface area contributed by atoms with Gasteiger partial charge in [-0.05, 0) is 30.7 Å². The van der Waals surface area contributed by atoms with E-state index in [2.05, 4.69) is 6.92 Å². The number of benzene rings is 1. The molecule has 0 bridgehead atoms. The lowest BCUT2D eigenvalue weighted by molar-refractivity contribution is 0.0678. The van der Waals surface area contributed by atoms with Crippen molar-refractivity contribution in [2.75, 3.05) is 19.0 Å². The monoisotopic (exact) mass is 280 g/mol. The van der Waals surface area contributed by atoms with E-state index in [1.165, 1.54) is 0 Å². The van der Waals surface area contributed by atoms with Crippen LogP contribution in [0.2, 0.25) is 0 Å². The summed E-state index contributed by atoms with van der Waals surface area (Å²) < 4.78 is 11.3. The highest BCUT2D eigenvalue weighted by Gasteiger charge is 2.18. The Kier molecular flexibility index (Phi) is 5.10. The molecule has 104 valence electrons. The van der Waals surface area contributed by atoms with E-state index in [1.807, 2.05) is 18.2 Å². The van der Waals surface area contributed by atoms with Crippen molar-refractivity contribution in [2.45, 2.75) is 30.8 Å². The highest BCUT2D eigenvalue weighted by molar-refractivity contribution is 7.99. The molecule has 3 N–H and O–H groups in total. The van der Waals surface area contributed by atoms with E-state index < -0.39 is 0 Å². The summed E-state index contributed by atoms with van der Waals surface area (Å²) in [5, 5.41) is 7.74. The number of nitrogen functional groups attached to an aromatic ring is 1. The maximum Gasteiger partial charge on any atom is 0.131 e. The van der Waals surface area contributed by atoms with E-state index in [0.717, 1.165) is 30.1 Å². The molecule has 0 saturated carbocycles. The normalized spacial score (nSPS) is 18.5. The Bertz CT molecular complexity index is 445. The fourth-order valence-electron chi connectivity index (χ4n) is 2.13. The summed E-state index contributed by atoms with van der Waals surface area (Å²) in [6.45, 7) is 3.42. The molecule has 1 aliphatic rings. The molecule has 1 aromatic rings. The fraction of sp³-hybridized carbons (Fsp3) is 0.500. The van der Waals surface area contributed by atoms with Gasteiger partial charge in [0.05, 0.1) is 11.7 Å². The van der Waals surface area contributed by atoms with Gasteiger partial charge < -0.3 is 15.2 Å². The van der Waals surface area contributed by atoms with Crippen molar-refractivity contribution in [1.29, 1.82) is 5.41 Å². The van der Waals surface area contributed by atoms with Crippen LogP contribution in [0.15, 0.2) is 23.1 Å². The van der Waals surface area contributed by atoms with Gasteiger partial charge in [-0.15, -0.1) is 11.8 Å². The minimum atomic E-state index is 0.0545. The first-order valence-electron chi connectivity index (χ1n) is 6.57. The van der Waals surface area contributed by atoms with Crippen LogP contribution in [0.5, 0.6) is 5.75 Å². The van der Waals surface area contributed by atoms with Gasteiger partial charge in [-0.3, -0.25) is 5.41 Å². The summed E-state index contributed by atoms with van der Waals surface area (Å²) in [7, 11) is 0. The summed E-state index contributed by atoms with van der Waals surface area (Å²) >= 11 is 1.67. The topological polar surface area (TPSA) is 68.3 Å². The third-order valence-electron chi connectivity index (χ3n) is 3.01. The molecule has 0 aromatic heterocycles. The minimum Gasteiger partial charge on any atom is -0.490 e. The van der Waals surface area contributed by atoms with Crippen molar-refractivity contribution in [3.63, 3.8) is 0 Å². The van der Waals surface area contributed by atoms with Gasteiger partial charge in [0.1, 0.15) is 18.2 Å². The Morgan fingerprint density at radius 3 is 3.05 bits per heavy atom. The number of hydrogen-bond donors (Lipinski definition) is 2. The Morgan fingerprint density at radius 1 is 1.58 bits per heavy atom. The summed E-state index contributed by atoms with van der Waals surface area (Å²) in [6.07, 6.45) is 2.31. The van der Waals surface area contributed by atoms with Crippen molar-refractivity contribution in [3.05, 3.63) is 23.8 Å². The Balaban J connectivity index is 2.13. The number of rotatable bonds is 6. The SMILES string of the molecule is CCSc1cccc(OCC2CCCO2)c1C(=N)N. The van der Waals surface area contributed by atoms with Gasteiger partial charge in [0, 0.05) is 11.5 Å². The average molecular weight is 280 g/mol. The predicted molar refractivity (Wildman–Crippen MR) is 78.3 cm³/mol. The molecule has 1 atom stereocenters. The van der Waals surface area contributed by atoms with Crippen LogP contribution in [0, 0.1) is 5.41 Å². The smallest absolute Gasteiger partial charge is 0.131 e. The quantitative estimate of drug-likeness (QED) is 0.477. The standard InChI is InChI=1S/C14H20N2O2S/c1-2-19-12-7-3-6-11(13(12)14(15)16)18-9-10-5-4-8-17-10/h3,6-7,10H,2,4-5,8-9H2,1H3,(H3,15,16). The number of amidine groups is 1. The lowest BCUT2D eigenvalue weighted by Gasteiger charge is -2.16.